The van der Waals surface area contributed by atoms with Gasteiger partial charge in [-0.2, -0.15) is 5.12 Å². The molecule has 0 fully saturated rings. The van der Waals surface area contributed by atoms with E-state index in [-0.39, 0.29) is 11.5 Å². The lowest BCUT2D eigenvalue weighted by Crippen LogP contribution is -2.51. The summed E-state index contributed by atoms with van der Waals surface area (Å²) in [5, 5.41) is 21.8. The maximum absolute atomic E-state index is 14.5. The van der Waals surface area contributed by atoms with Gasteiger partial charge in [0.15, 0.2) is 12.1 Å². The molecule has 0 radical (unpaired) electrons. The molecule has 0 aliphatic rings. The first-order chi connectivity index (χ1) is 11.8. The number of carbonyl (C=O) groups excluding carboxylic acids is 1. The smallest absolute Gasteiger partial charge is 0.329 e. The van der Waals surface area contributed by atoms with E-state index in [2.05, 4.69) is 5.32 Å². The zero-order valence-electron chi connectivity index (χ0n) is 15.5. The molecule has 7 heteroatoms. The number of nitrogens with zero attached hydrogens (tertiary/aromatic N) is 1. The quantitative estimate of drug-likeness (QED) is 0.368. The van der Waals surface area contributed by atoms with Crippen LogP contribution in [0.25, 0.3) is 0 Å². The normalized spacial score (nSPS) is 15.8. The molecule has 3 N–H and O–H groups in total. The Bertz CT molecular complexity index is 480. The molecule has 3 unspecified atom stereocenters. The first kappa shape index (κ1) is 23.3. The van der Waals surface area contributed by atoms with E-state index in [0.29, 0.717) is 24.8 Å². The van der Waals surface area contributed by atoms with Crippen molar-refractivity contribution < 1.29 is 24.3 Å². The largest absolute Gasteiger partial charge is 0.480 e. The van der Waals surface area contributed by atoms with Crippen LogP contribution in [0.15, 0.2) is 23.8 Å². The third kappa shape index (κ3) is 7.79. The Hall–Kier alpha value is -1.73. The number of hydrogen-bond donors (Lipinski definition) is 3. The lowest BCUT2D eigenvalue weighted by atomic mass is 10.0. The maximum atomic E-state index is 14.5. The fourth-order valence-electron chi connectivity index (χ4n) is 2.41. The number of likely N-dealkylation sites (N-methyl/N-ethyl adjacent to an activating group) is 1. The molecule has 0 aliphatic carbocycles. The van der Waals surface area contributed by atoms with Gasteiger partial charge in [-0.3, -0.25) is 4.79 Å². The predicted molar refractivity (Wildman–Crippen MR) is 95.6 cm³/mol. The van der Waals surface area contributed by atoms with Gasteiger partial charge in [-0.05, 0) is 26.3 Å². The average Bonchev–Trinajstić information content (AvgIpc) is 2.60. The molecule has 0 aliphatic heterocycles. The predicted octanol–water partition coefficient (Wildman–Crippen LogP) is 2.59. The first-order valence-corrected chi connectivity index (χ1v) is 8.75. The van der Waals surface area contributed by atoms with Crippen molar-refractivity contribution in [1.82, 2.24) is 10.4 Å². The van der Waals surface area contributed by atoms with Crippen LogP contribution < -0.4 is 5.32 Å². The van der Waals surface area contributed by atoms with Crippen LogP contribution in [0.2, 0.25) is 0 Å². The Morgan fingerprint density at radius 1 is 1.28 bits per heavy atom. The van der Waals surface area contributed by atoms with Crippen LogP contribution in [-0.4, -0.2) is 52.4 Å². The number of hydrogen-bond acceptors (Lipinski definition) is 4. The molecule has 0 bridgehead atoms. The van der Waals surface area contributed by atoms with Gasteiger partial charge in [0.25, 0.3) is 5.91 Å². The fourth-order valence-corrected chi connectivity index (χ4v) is 2.41. The topological polar surface area (TPSA) is 89.9 Å². The molecule has 0 aromatic carbocycles. The number of halogens is 1. The van der Waals surface area contributed by atoms with E-state index in [0.717, 1.165) is 6.42 Å². The van der Waals surface area contributed by atoms with Crippen LogP contribution in [0.1, 0.15) is 52.9 Å². The van der Waals surface area contributed by atoms with E-state index in [9.17, 15) is 24.3 Å². The number of rotatable bonds is 12. The highest BCUT2D eigenvalue weighted by molar-refractivity contribution is 5.86. The van der Waals surface area contributed by atoms with Gasteiger partial charge in [-0.25, -0.2) is 4.79 Å². The van der Waals surface area contributed by atoms with Crippen molar-refractivity contribution in [2.24, 2.45) is 0 Å². The average molecular weight is 358 g/mol. The zero-order chi connectivity index (χ0) is 19.4. The molecule has 6 nitrogen and oxygen atoms in total. The molecule has 25 heavy (non-hydrogen) atoms. The van der Waals surface area contributed by atoms with Crippen molar-refractivity contribution in [2.75, 3.05) is 7.05 Å². The summed E-state index contributed by atoms with van der Waals surface area (Å²) in [5.41, 5.74) is 0.709. The summed E-state index contributed by atoms with van der Waals surface area (Å²) in [7, 11) is 1.56. The number of allylic oxidation sites excluding steroid dienone is 3. The SMILES string of the molecule is CC/C=C/C=C(/CC)CC(C(=O)O)N(F)C(=O)C(O)C(CCC)NC. The van der Waals surface area contributed by atoms with Gasteiger partial charge < -0.3 is 15.5 Å². The summed E-state index contributed by atoms with van der Waals surface area (Å²) in [5.74, 6) is -2.68. The molecule has 1 amide bonds. The maximum Gasteiger partial charge on any atom is 0.329 e. The van der Waals surface area contributed by atoms with Crippen LogP contribution in [0, 0.1) is 0 Å². The number of carboxylic acids is 1. The van der Waals surface area contributed by atoms with Gasteiger partial charge in [0, 0.05) is 12.5 Å². The van der Waals surface area contributed by atoms with E-state index in [1.54, 1.807) is 19.2 Å². The van der Waals surface area contributed by atoms with Crippen molar-refractivity contribution >= 4 is 11.9 Å². The van der Waals surface area contributed by atoms with Crippen LogP contribution in [0.4, 0.5) is 4.48 Å². The second-order valence-electron chi connectivity index (χ2n) is 5.85. The lowest BCUT2D eigenvalue weighted by Gasteiger charge is -2.26. The molecular weight excluding hydrogens is 327 g/mol. The lowest BCUT2D eigenvalue weighted by molar-refractivity contribution is -0.173. The second kappa shape index (κ2) is 12.6. The number of amides is 1. The number of aliphatic hydroxyl groups is 1. The van der Waals surface area contributed by atoms with Crippen molar-refractivity contribution in [3.8, 4) is 0 Å². The number of nitrogens with one attached hydrogen (secondary N) is 1. The Morgan fingerprint density at radius 3 is 2.36 bits per heavy atom. The molecule has 144 valence electrons. The van der Waals surface area contributed by atoms with E-state index in [4.69, 9.17) is 0 Å². The van der Waals surface area contributed by atoms with Crippen LogP contribution in [0.3, 0.4) is 0 Å². The Labute approximate surface area is 149 Å². The molecule has 3 atom stereocenters. The van der Waals surface area contributed by atoms with Gasteiger partial charge in [-0.15, -0.1) is 0 Å². The van der Waals surface area contributed by atoms with Gasteiger partial charge in [0.05, 0.1) is 0 Å². The third-order valence-electron chi connectivity index (χ3n) is 3.99. The molecule has 0 spiro atoms. The fraction of sp³-hybridized carbons (Fsp3) is 0.667. The van der Waals surface area contributed by atoms with Crippen LogP contribution in [0.5, 0.6) is 0 Å². The third-order valence-corrected chi connectivity index (χ3v) is 3.99. The highest BCUT2D eigenvalue weighted by Crippen LogP contribution is 2.18. The van der Waals surface area contributed by atoms with Gasteiger partial charge in [-0.1, -0.05) is 55.5 Å². The number of aliphatic hydroxyl groups excluding tert-OH is 1. The first-order valence-electron chi connectivity index (χ1n) is 8.75. The van der Waals surface area contributed by atoms with Crippen molar-refractivity contribution in [2.45, 2.75) is 71.1 Å². The van der Waals surface area contributed by atoms with E-state index in [1.165, 1.54) is 0 Å². The number of carboxylic acid groups (broad SMARTS) is 1. The van der Waals surface area contributed by atoms with Gasteiger partial charge in [0.2, 0.25) is 0 Å². The van der Waals surface area contributed by atoms with Crippen molar-refractivity contribution in [3.63, 3.8) is 0 Å². The molecule has 0 aromatic rings. The van der Waals surface area contributed by atoms with Crippen molar-refractivity contribution in [3.05, 3.63) is 23.8 Å². The minimum atomic E-state index is -1.66. The Morgan fingerprint density at radius 2 is 1.92 bits per heavy atom. The highest BCUT2D eigenvalue weighted by atomic mass is 19.2. The molecule has 0 saturated heterocycles. The van der Waals surface area contributed by atoms with Crippen LogP contribution in [-0.2, 0) is 9.59 Å². The summed E-state index contributed by atoms with van der Waals surface area (Å²) in [4.78, 5) is 23.6. The van der Waals surface area contributed by atoms with Crippen molar-refractivity contribution in [1.29, 1.82) is 0 Å². The van der Waals surface area contributed by atoms with E-state index >= 15 is 0 Å². The standard InChI is InChI=1S/C18H31FN2O4/c1-5-8-9-11-13(7-3)12-15(18(24)25)21(19)17(23)16(22)14(20-4)10-6-2/h8-9,11,14-16,20,22H,5-7,10,12H2,1-4H3,(H,24,25)/b9-8+,13-11-. The van der Waals surface area contributed by atoms with Gasteiger partial charge >= 0.3 is 5.97 Å². The second-order valence-corrected chi connectivity index (χ2v) is 5.85. The summed E-state index contributed by atoms with van der Waals surface area (Å²) >= 11 is 0. The molecule has 0 saturated carbocycles. The number of aliphatic carboxylic acids is 1. The Balaban J connectivity index is 5.24. The minimum Gasteiger partial charge on any atom is -0.480 e. The molecule has 0 heterocycles. The molecule has 0 aromatic heterocycles. The highest BCUT2D eigenvalue weighted by Gasteiger charge is 2.36. The van der Waals surface area contributed by atoms with Gasteiger partial charge in [0.1, 0.15) is 0 Å². The zero-order valence-corrected chi connectivity index (χ0v) is 15.5. The molecule has 0 rings (SSSR count). The summed E-state index contributed by atoms with van der Waals surface area (Å²) in [6, 6.07) is -2.29. The van der Waals surface area contributed by atoms with Crippen LogP contribution >= 0.6 is 0 Å². The Kier molecular flexibility index (Phi) is 11.7. The monoisotopic (exact) mass is 358 g/mol. The van der Waals surface area contributed by atoms with E-state index < -0.39 is 30.1 Å². The summed E-state index contributed by atoms with van der Waals surface area (Å²) in [6.07, 6.45) is 6.19. The molecular formula is C18H31FN2O4. The summed E-state index contributed by atoms with van der Waals surface area (Å²) in [6.45, 7) is 5.67. The number of carbonyl (C=O) groups is 2. The summed E-state index contributed by atoms with van der Waals surface area (Å²) < 4.78 is 14.5. The van der Waals surface area contributed by atoms with E-state index in [1.807, 2.05) is 26.8 Å². The minimum absolute atomic E-state index is 0.132.